The average molecular weight is 342 g/mol. The highest BCUT2D eigenvalue weighted by atomic mass is 16.6. The van der Waals surface area contributed by atoms with E-state index in [2.05, 4.69) is 20.6 Å². The zero-order valence-electron chi connectivity index (χ0n) is 14.6. The van der Waals surface area contributed by atoms with Crippen molar-refractivity contribution in [2.45, 2.75) is 20.8 Å². The van der Waals surface area contributed by atoms with Gasteiger partial charge in [0.05, 0.1) is 0 Å². The largest absolute Gasteiger partial charge is 0.486 e. The molecule has 0 bridgehead atoms. The molecule has 7 nitrogen and oxygen atoms in total. The molecule has 0 spiro atoms. The molecule has 1 aromatic carbocycles. The van der Waals surface area contributed by atoms with Crippen molar-refractivity contribution in [1.82, 2.24) is 15.3 Å². The van der Waals surface area contributed by atoms with E-state index in [0.717, 1.165) is 11.4 Å². The maximum absolute atomic E-state index is 12.2. The summed E-state index contributed by atoms with van der Waals surface area (Å²) in [6.07, 6.45) is 0. The number of fused-ring (bicyclic) bond motifs is 1. The molecule has 0 saturated carbocycles. The summed E-state index contributed by atoms with van der Waals surface area (Å²) in [6.45, 7) is 7.53. The van der Waals surface area contributed by atoms with E-state index in [-0.39, 0.29) is 5.91 Å². The van der Waals surface area contributed by atoms with E-state index in [4.69, 9.17) is 9.47 Å². The summed E-state index contributed by atoms with van der Waals surface area (Å²) in [4.78, 5) is 20.8. The van der Waals surface area contributed by atoms with Crippen LogP contribution in [0.3, 0.4) is 0 Å². The lowest BCUT2D eigenvalue weighted by Crippen LogP contribution is -2.28. The lowest BCUT2D eigenvalue weighted by atomic mass is 10.2. The minimum atomic E-state index is -0.204. The molecule has 0 aliphatic carbocycles. The van der Waals surface area contributed by atoms with Crippen LogP contribution in [-0.4, -0.2) is 35.6 Å². The molecule has 2 heterocycles. The van der Waals surface area contributed by atoms with Gasteiger partial charge in [0.1, 0.15) is 30.5 Å². The molecule has 3 rings (SSSR count). The third-order valence-corrected chi connectivity index (χ3v) is 3.56. The number of amides is 1. The standard InChI is InChI=1S/C18H22N4O3/c1-11(2)10-19-18(23)14-9-17(21-12(3)20-14)22-13-4-5-15-16(8-13)25-7-6-24-15/h4-5,8-9,11H,6-7,10H2,1-3H3,(H,19,23)(H,20,21,22). The van der Waals surface area contributed by atoms with Gasteiger partial charge in [-0.15, -0.1) is 0 Å². The molecule has 1 amide bonds. The van der Waals surface area contributed by atoms with E-state index >= 15 is 0 Å². The molecule has 0 fully saturated rings. The fourth-order valence-corrected chi connectivity index (χ4v) is 2.40. The van der Waals surface area contributed by atoms with Crippen molar-refractivity contribution in [3.05, 3.63) is 35.8 Å². The monoisotopic (exact) mass is 342 g/mol. The highest BCUT2D eigenvalue weighted by Gasteiger charge is 2.14. The number of ether oxygens (including phenoxy) is 2. The molecule has 0 unspecified atom stereocenters. The van der Waals surface area contributed by atoms with E-state index in [1.54, 1.807) is 13.0 Å². The third-order valence-electron chi connectivity index (χ3n) is 3.56. The van der Waals surface area contributed by atoms with Gasteiger partial charge in [-0.2, -0.15) is 0 Å². The number of carbonyl (C=O) groups excluding carboxylic acids is 1. The minimum absolute atomic E-state index is 0.204. The molecule has 132 valence electrons. The first-order chi connectivity index (χ1) is 12.0. The Labute approximate surface area is 146 Å². The highest BCUT2D eigenvalue weighted by Crippen LogP contribution is 2.33. The molecule has 0 radical (unpaired) electrons. The highest BCUT2D eigenvalue weighted by molar-refractivity contribution is 5.93. The fourth-order valence-electron chi connectivity index (χ4n) is 2.40. The Morgan fingerprint density at radius 3 is 2.68 bits per heavy atom. The Hall–Kier alpha value is -2.83. The molecule has 1 aliphatic heterocycles. The second-order valence-corrected chi connectivity index (χ2v) is 6.27. The Morgan fingerprint density at radius 1 is 1.16 bits per heavy atom. The van der Waals surface area contributed by atoms with Crippen molar-refractivity contribution in [2.24, 2.45) is 5.92 Å². The van der Waals surface area contributed by atoms with Gasteiger partial charge >= 0.3 is 0 Å². The molecule has 2 N–H and O–H groups in total. The Kier molecular flexibility index (Phi) is 5.02. The van der Waals surface area contributed by atoms with Gasteiger partial charge in [-0.05, 0) is 25.0 Å². The van der Waals surface area contributed by atoms with Gasteiger partial charge in [0, 0.05) is 24.4 Å². The maximum Gasteiger partial charge on any atom is 0.270 e. The van der Waals surface area contributed by atoms with Crippen LogP contribution >= 0.6 is 0 Å². The first-order valence-electron chi connectivity index (χ1n) is 8.32. The quantitative estimate of drug-likeness (QED) is 0.869. The van der Waals surface area contributed by atoms with Crippen molar-refractivity contribution in [1.29, 1.82) is 0 Å². The molecule has 0 saturated heterocycles. The van der Waals surface area contributed by atoms with Crippen molar-refractivity contribution in [3.8, 4) is 11.5 Å². The van der Waals surface area contributed by atoms with Gasteiger partial charge in [0.25, 0.3) is 5.91 Å². The van der Waals surface area contributed by atoms with E-state index in [1.165, 1.54) is 0 Å². The summed E-state index contributed by atoms with van der Waals surface area (Å²) in [6, 6.07) is 7.22. The Morgan fingerprint density at radius 2 is 1.92 bits per heavy atom. The summed E-state index contributed by atoms with van der Waals surface area (Å²) >= 11 is 0. The lowest BCUT2D eigenvalue weighted by Gasteiger charge is -2.19. The molecule has 7 heteroatoms. The second-order valence-electron chi connectivity index (χ2n) is 6.27. The van der Waals surface area contributed by atoms with Crippen LogP contribution in [0.4, 0.5) is 11.5 Å². The molecule has 0 atom stereocenters. The summed E-state index contributed by atoms with van der Waals surface area (Å²) in [5, 5.41) is 6.05. The van der Waals surface area contributed by atoms with Crippen LogP contribution in [0.5, 0.6) is 11.5 Å². The summed E-state index contributed by atoms with van der Waals surface area (Å²) < 4.78 is 11.1. The van der Waals surface area contributed by atoms with Crippen molar-refractivity contribution >= 4 is 17.4 Å². The number of hydrogen-bond donors (Lipinski definition) is 2. The predicted octanol–water partition coefficient (Wildman–Crippen LogP) is 2.69. The molecular weight excluding hydrogens is 320 g/mol. The van der Waals surface area contributed by atoms with Crippen LogP contribution < -0.4 is 20.1 Å². The fraction of sp³-hybridized carbons (Fsp3) is 0.389. The van der Waals surface area contributed by atoms with Crippen LogP contribution in [0.2, 0.25) is 0 Å². The van der Waals surface area contributed by atoms with Gasteiger partial charge in [-0.25, -0.2) is 9.97 Å². The van der Waals surface area contributed by atoms with E-state index < -0.39 is 0 Å². The van der Waals surface area contributed by atoms with Gasteiger partial charge < -0.3 is 20.1 Å². The summed E-state index contributed by atoms with van der Waals surface area (Å²) in [7, 11) is 0. The van der Waals surface area contributed by atoms with E-state index in [1.807, 2.05) is 32.0 Å². The average Bonchev–Trinajstić information content (AvgIpc) is 2.59. The Bertz CT molecular complexity index is 777. The third kappa shape index (κ3) is 4.37. The Balaban J connectivity index is 1.77. The molecule has 1 aliphatic rings. The number of hydrogen-bond acceptors (Lipinski definition) is 6. The van der Waals surface area contributed by atoms with Crippen molar-refractivity contribution in [2.75, 3.05) is 25.1 Å². The zero-order valence-corrected chi connectivity index (χ0v) is 14.6. The second kappa shape index (κ2) is 7.38. The van der Waals surface area contributed by atoms with Gasteiger partial charge in [0.15, 0.2) is 11.5 Å². The van der Waals surface area contributed by atoms with Crippen LogP contribution in [0, 0.1) is 12.8 Å². The number of rotatable bonds is 5. The number of carbonyl (C=O) groups is 1. The van der Waals surface area contributed by atoms with Gasteiger partial charge in [0.2, 0.25) is 0 Å². The summed E-state index contributed by atoms with van der Waals surface area (Å²) in [5.74, 6) is 2.67. The molecular formula is C18H22N4O3. The molecule has 1 aromatic heterocycles. The van der Waals surface area contributed by atoms with E-state index in [0.29, 0.717) is 48.8 Å². The SMILES string of the molecule is Cc1nc(Nc2ccc3c(c2)OCCO3)cc(C(=O)NCC(C)C)n1. The smallest absolute Gasteiger partial charge is 0.270 e. The number of nitrogens with one attached hydrogen (secondary N) is 2. The summed E-state index contributed by atoms with van der Waals surface area (Å²) in [5.41, 5.74) is 1.14. The van der Waals surface area contributed by atoms with Crippen LogP contribution in [0.25, 0.3) is 0 Å². The minimum Gasteiger partial charge on any atom is -0.486 e. The van der Waals surface area contributed by atoms with E-state index in [9.17, 15) is 4.79 Å². The maximum atomic E-state index is 12.2. The number of anilines is 2. The first kappa shape index (κ1) is 17.0. The number of benzene rings is 1. The number of nitrogens with zero attached hydrogens (tertiary/aromatic N) is 2. The van der Waals surface area contributed by atoms with Crippen molar-refractivity contribution in [3.63, 3.8) is 0 Å². The molecule has 2 aromatic rings. The topological polar surface area (TPSA) is 85.4 Å². The number of aryl methyl sites for hydroxylation is 1. The van der Waals surface area contributed by atoms with Crippen molar-refractivity contribution < 1.29 is 14.3 Å². The normalized spacial score (nSPS) is 12.8. The van der Waals surface area contributed by atoms with Crippen LogP contribution in [-0.2, 0) is 0 Å². The number of aromatic nitrogens is 2. The van der Waals surface area contributed by atoms with Gasteiger partial charge in [-0.3, -0.25) is 4.79 Å². The first-order valence-corrected chi connectivity index (χ1v) is 8.32. The zero-order chi connectivity index (χ0) is 17.8. The van der Waals surface area contributed by atoms with Crippen LogP contribution in [0.1, 0.15) is 30.2 Å². The van der Waals surface area contributed by atoms with Crippen LogP contribution in [0.15, 0.2) is 24.3 Å². The van der Waals surface area contributed by atoms with Gasteiger partial charge in [-0.1, -0.05) is 13.8 Å². The predicted molar refractivity (Wildman–Crippen MR) is 94.7 cm³/mol. The lowest BCUT2D eigenvalue weighted by molar-refractivity contribution is 0.0943. The molecule has 25 heavy (non-hydrogen) atoms.